The van der Waals surface area contributed by atoms with Gasteiger partial charge in [0.2, 0.25) is 0 Å². The van der Waals surface area contributed by atoms with Gasteiger partial charge < -0.3 is 10.2 Å². The predicted octanol–water partition coefficient (Wildman–Crippen LogP) is 3.40. The van der Waals surface area contributed by atoms with Gasteiger partial charge >= 0.3 is 6.18 Å². The fraction of sp³-hybridized carbons (Fsp3) is 0.765. The first-order valence-corrected chi connectivity index (χ1v) is 8.88. The second-order valence-corrected chi connectivity index (χ2v) is 6.77. The summed E-state index contributed by atoms with van der Waals surface area (Å²) in [7, 11) is 1.94. The van der Waals surface area contributed by atoms with Gasteiger partial charge in [0, 0.05) is 18.8 Å². The summed E-state index contributed by atoms with van der Waals surface area (Å²) in [5, 5.41) is 6.42. The van der Waals surface area contributed by atoms with Crippen molar-refractivity contribution in [1.82, 2.24) is 20.0 Å². The minimum Gasteiger partial charge on any atom is -0.352 e. The summed E-state index contributed by atoms with van der Waals surface area (Å²) in [6, 6.07) is -0.138. The second kappa shape index (κ2) is 8.21. The van der Waals surface area contributed by atoms with Gasteiger partial charge in [0.1, 0.15) is 0 Å². The highest BCUT2D eigenvalue weighted by atomic mass is 19.4. The molecule has 0 aromatic carbocycles. The molecule has 1 aliphatic rings. The fourth-order valence-electron chi connectivity index (χ4n) is 3.35. The Morgan fingerprint density at radius 2 is 2.08 bits per heavy atom. The van der Waals surface area contributed by atoms with E-state index in [1.807, 2.05) is 14.0 Å². The third kappa shape index (κ3) is 4.74. The van der Waals surface area contributed by atoms with Crippen LogP contribution < -0.4 is 5.32 Å². The van der Waals surface area contributed by atoms with E-state index in [1.54, 1.807) is 6.92 Å². The summed E-state index contributed by atoms with van der Waals surface area (Å²) in [5.74, 6) is -0.684. The van der Waals surface area contributed by atoms with E-state index in [0.29, 0.717) is 18.8 Å². The molecular weight excluding hydrogens is 333 g/mol. The van der Waals surface area contributed by atoms with Crippen LogP contribution in [0.4, 0.5) is 13.2 Å². The Kier molecular flexibility index (Phi) is 6.48. The Bertz CT molecular complexity index is 597. The molecule has 1 fully saturated rings. The first kappa shape index (κ1) is 19.8. The average molecular weight is 360 g/mol. The number of likely N-dealkylation sites (tertiary alicyclic amines) is 1. The highest BCUT2D eigenvalue weighted by Gasteiger charge is 2.41. The van der Waals surface area contributed by atoms with Crippen molar-refractivity contribution in [2.24, 2.45) is 0 Å². The number of unbranched alkanes of at least 4 members (excludes halogenated alkanes) is 2. The lowest BCUT2D eigenvalue weighted by Gasteiger charge is -2.30. The molecule has 5 nitrogen and oxygen atoms in total. The maximum atomic E-state index is 13.4. The van der Waals surface area contributed by atoms with Crippen molar-refractivity contribution < 1.29 is 18.0 Å². The molecule has 1 N–H and O–H groups in total. The molecule has 8 heteroatoms. The van der Waals surface area contributed by atoms with Crippen LogP contribution in [0, 0.1) is 6.92 Å². The number of carbonyl (C=O) groups excluding carboxylic acids is 1. The molecule has 2 heterocycles. The zero-order chi connectivity index (χ0) is 18.6. The van der Waals surface area contributed by atoms with Gasteiger partial charge in [-0.15, -0.1) is 0 Å². The third-order valence-electron chi connectivity index (χ3n) is 4.66. The number of hydrogen-bond acceptors (Lipinski definition) is 3. The molecule has 0 radical (unpaired) electrons. The van der Waals surface area contributed by atoms with Gasteiger partial charge in [-0.1, -0.05) is 19.8 Å². The van der Waals surface area contributed by atoms with Crippen LogP contribution in [0.3, 0.4) is 0 Å². The van der Waals surface area contributed by atoms with Crippen LogP contribution in [-0.4, -0.2) is 47.3 Å². The quantitative estimate of drug-likeness (QED) is 0.791. The lowest BCUT2D eigenvalue weighted by atomic mass is 10.1. The van der Waals surface area contributed by atoms with Gasteiger partial charge in [-0.2, -0.15) is 18.3 Å². The standard InChI is InChI=1S/C17H27F3N4O/c1-4-5-6-9-21-16(25)14-12(2)24(22-15(14)17(18,19)20)13-8-7-10-23(3)11-13/h13H,4-11H2,1-3H3,(H,21,25). The number of halogens is 3. The number of likely N-dealkylation sites (N-methyl/N-ethyl adjacent to an activating group) is 1. The summed E-state index contributed by atoms with van der Waals surface area (Å²) in [5.41, 5.74) is -1.12. The van der Waals surface area contributed by atoms with Crippen molar-refractivity contribution >= 4 is 5.91 Å². The Morgan fingerprint density at radius 3 is 2.68 bits per heavy atom. The van der Waals surface area contributed by atoms with Crippen molar-refractivity contribution in [3.8, 4) is 0 Å². The summed E-state index contributed by atoms with van der Waals surface area (Å²) in [4.78, 5) is 14.5. The van der Waals surface area contributed by atoms with E-state index in [-0.39, 0.29) is 11.6 Å². The predicted molar refractivity (Wildman–Crippen MR) is 89.6 cm³/mol. The highest BCUT2D eigenvalue weighted by molar-refractivity contribution is 5.96. The Balaban J connectivity index is 2.28. The van der Waals surface area contributed by atoms with E-state index in [0.717, 1.165) is 38.6 Å². The number of rotatable bonds is 6. The number of alkyl halides is 3. The SMILES string of the molecule is CCCCCNC(=O)c1c(C(F)(F)F)nn(C2CCCN(C)C2)c1C. The van der Waals surface area contributed by atoms with Gasteiger partial charge in [0.05, 0.1) is 11.6 Å². The van der Waals surface area contributed by atoms with E-state index < -0.39 is 17.8 Å². The van der Waals surface area contributed by atoms with Gasteiger partial charge in [-0.25, -0.2) is 0 Å². The topological polar surface area (TPSA) is 50.2 Å². The molecule has 142 valence electrons. The largest absolute Gasteiger partial charge is 0.435 e. The van der Waals surface area contributed by atoms with Crippen molar-refractivity contribution in [1.29, 1.82) is 0 Å². The molecule has 1 unspecified atom stereocenters. The maximum Gasteiger partial charge on any atom is 0.435 e. The van der Waals surface area contributed by atoms with Crippen molar-refractivity contribution in [2.45, 2.75) is 58.2 Å². The molecule has 1 aromatic heterocycles. The Labute approximate surface area is 146 Å². The number of nitrogens with one attached hydrogen (secondary N) is 1. The smallest absolute Gasteiger partial charge is 0.352 e. The fourth-order valence-corrected chi connectivity index (χ4v) is 3.35. The monoisotopic (exact) mass is 360 g/mol. The number of nitrogens with zero attached hydrogens (tertiary/aromatic N) is 3. The number of amides is 1. The summed E-state index contributed by atoms with van der Waals surface area (Å²) in [6.07, 6.45) is -0.312. The van der Waals surface area contributed by atoms with Gasteiger partial charge in [0.25, 0.3) is 5.91 Å². The summed E-state index contributed by atoms with van der Waals surface area (Å²) >= 11 is 0. The lowest BCUT2D eigenvalue weighted by Crippen LogP contribution is -2.34. The maximum absolute atomic E-state index is 13.4. The van der Waals surface area contributed by atoms with Crippen LogP contribution in [0.2, 0.25) is 0 Å². The van der Waals surface area contributed by atoms with Gasteiger partial charge in [-0.05, 0) is 39.8 Å². The van der Waals surface area contributed by atoms with E-state index in [9.17, 15) is 18.0 Å². The van der Waals surface area contributed by atoms with Gasteiger partial charge in [0.15, 0.2) is 5.69 Å². The Hall–Kier alpha value is -1.57. The van der Waals surface area contributed by atoms with Crippen LogP contribution in [0.15, 0.2) is 0 Å². The number of carbonyl (C=O) groups is 1. The van der Waals surface area contributed by atoms with E-state index in [1.165, 1.54) is 4.68 Å². The molecule has 1 aliphatic heterocycles. The number of piperidine rings is 1. The minimum atomic E-state index is -4.65. The molecule has 1 amide bonds. The summed E-state index contributed by atoms with van der Waals surface area (Å²) < 4.78 is 41.7. The van der Waals surface area contributed by atoms with E-state index >= 15 is 0 Å². The molecule has 2 rings (SSSR count). The molecular formula is C17H27F3N4O. The van der Waals surface area contributed by atoms with Crippen molar-refractivity contribution in [3.05, 3.63) is 17.0 Å². The number of aromatic nitrogens is 2. The molecule has 0 saturated carbocycles. The first-order chi connectivity index (χ1) is 11.8. The van der Waals surface area contributed by atoms with Crippen molar-refractivity contribution in [2.75, 3.05) is 26.7 Å². The molecule has 0 bridgehead atoms. The lowest BCUT2D eigenvalue weighted by molar-refractivity contribution is -0.142. The van der Waals surface area contributed by atoms with Crippen LogP contribution in [-0.2, 0) is 6.18 Å². The first-order valence-electron chi connectivity index (χ1n) is 8.88. The van der Waals surface area contributed by atoms with Crippen LogP contribution >= 0.6 is 0 Å². The van der Waals surface area contributed by atoms with E-state index in [2.05, 4.69) is 15.3 Å². The zero-order valence-electron chi connectivity index (χ0n) is 15.1. The number of hydrogen-bond donors (Lipinski definition) is 1. The molecule has 1 saturated heterocycles. The summed E-state index contributed by atoms with van der Waals surface area (Å²) in [6.45, 7) is 5.52. The third-order valence-corrected chi connectivity index (χ3v) is 4.66. The van der Waals surface area contributed by atoms with Crippen LogP contribution in [0.5, 0.6) is 0 Å². The van der Waals surface area contributed by atoms with Crippen LogP contribution in [0.25, 0.3) is 0 Å². The second-order valence-electron chi connectivity index (χ2n) is 6.77. The molecule has 0 spiro atoms. The highest BCUT2D eigenvalue weighted by Crippen LogP contribution is 2.34. The molecule has 25 heavy (non-hydrogen) atoms. The zero-order valence-corrected chi connectivity index (χ0v) is 15.1. The van der Waals surface area contributed by atoms with Gasteiger partial charge in [-0.3, -0.25) is 9.48 Å². The molecule has 1 aromatic rings. The normalized spacial score (nSPS) is 19.2. The average Bonchev–Trinajstić information content (AvgIpc) is 2.89. The van der Waals surface area contributed by atoms with Crippen molar-refractivity contribution in [3.63, 3.8) is 0 Å². The molecule has 0 aliphatic carbocycles. The Morgan fingerprint density at radius 1 is 1.36 bits per heavy atom. The minimum absolute atomic E-state index is 0.138. The molecule has 1 atom stereocenters. The van der Waals surface area contributed by atoms with Crippen LogP contribution in [0.1, 0.15) is 66.8 Å². The van der Waals surface area contributed by atoms with E-state index in [4.69, 9.17) is 0 Å².